The molecule has 3 rings (SSSR count). The van der Waals surface area contributed by atoms with Crippen molar-refractivity contribution in [3.63, 3.8) is 0 Å². The van der Waals surface area contributed by atoms with Crippen molar-refractivity contribution in [1.82, 2.24) is 4.98 Å². The van der Waals surface area contributed by atoms with Crippen molar-refractivity contribution in [1.29, 1.82) is 0 Å². The Bertz CT molecular complexity index is 866. The monoisotopic (exact) mass is 408 g/mol. The lowest BCUT2D eigenvalue weighted by Crippen LogP contribution is -2.11. The molecule has 0 aliphatic carbocycles. The number of anilines is 1. The summed E-state index contributed by atoms with van der Waals surface area (Å²) in [5.41, 5.74) is 1.63. The number of carbonyl (C=O) groups excluding carboxylic acids is 1. The van der Waals surface area contributed by atoms with Gasteiger partial charge >= 0.3 is 0 Å². The van der Waals surface area contributed by atoms with Crippen LogP contribution in [0.3, 0.4) is 0 Å². The van der Waals surface area contributed by atoms with E-state index in [4.69, 9.17) is 23.2 Å². The van der Waals surface area contributed by atoms with Crippen LogP contribution in [-0.4, -0.2) is 16.6 Å². The maximum atomic E-state index is 12.1. The Labute approximate surface area is 164 Å². The van der Waals surface area contributed by atoms with Crippen LogP contribution >= 0.6 is 46.3 Å². The van der Waals surface area contributed by atoms with E-state index < -0.39 is 0 Å². The molecule has 1 N–H and O–H groups in total. The summed E-state index contributed by atoms with van der Waals surface area (Å²) in [4.78, 5) is 17.6. The van der Waals surface area contributed by atoms with Crippen LogP contribution in [0.5, 0.6) is 0 Å². The van der Waals surface area contributed by atoms with E-state index in [1.165, 1.54) is 11.3 Å². The molecule has 0 aliphatic heterocycles. The predicted octanol–water partition coefficient (Wildman–Crippen LogP) is 6.24. The van der Waals surface area contributed by atoms with Gasteiger partial charge in [0.15, 0.2) is 5.13 Å². The number of nitrogens with one attached hydrogen (secondary N) is 1. The van der Waals surface area contributed by atoms with Crippen LogP contribution in [0, 0.1) is 0 Å². The zero-order valence-electron chi connectivity index (χ0n) is 13.0. The summed E-state index contributed by atoms with van der Waals surface area (Å²) in [6, 6.07) is 15.1. The van der Waals surface area contributed by atoms with Crippen molar-refractivity contribution in [2.24, 2.45) is 0 Å². The lowest BCUT2D eigenvalue weighted by Gasteiger charge is -2.03. The Morgan fingerprint density at radius 3 is 2.64 bits per heavy atom. The second-order valence-electron chi connectivity index (χ2n) is 5.12. The summed E-state index contributed by atoms with van der Waals surface area (Å²) in [6.07, 6.45) is 0.411. The molecule has 1 amide bonds. The summed E-state index contributed by atoms with van der Waals surface area (Å²) >= 11 is 15.0. The number of benzene rings is 2. The van der Waals surface area contributed by atoms with Crippen molar-refractivity contribution in [2.45, 2.75) is 11.3 Å². The van der Waals surface area contributed by atoms with Gasteiger partial charge in [0.2, 0.25) is 5.91 Å². The zero-order valence-corrected chi connectivity index (χ0v) is 16.2. The Kier molecular flexibility index (Phi) is 6.37. The van der Waals surface area contributed by atoms with E-state index in [0.29, 0.717) is 27.4 Å². The molecule has 25 heavy (non-hydrogen) atoms. The van der Waals surface area contributed by atoms with Crippen LogP contribution in [0.4, 0.5) is 5.13 Å². The summed E-state index contributed by atoms with van der Waals surface area (Å²) < 4.78 is 0. The highest BCUT2D eigenvalue weighted by atomic mass is 35.5. The topological polar surface area (TPSA) is 42.0 Å². The Hall–Kier alpha value is -1.53. The third kappa shape index (κ3) is 5.22. The van der Waals surface area contributed by atoms with Crippen molar-refractivity contribution in [3.05, 3.63) is 64.0 Å². The molecule has 0 radical (unpaired) electrons. The molecule has 2 aromatic carbocycles. The van der Waals surface area contributed by atoms with Gasteiger partial charge < -0.3 is 5.32 Å². The summed E-state index contributed by atoms with van der Waals surface area (Å²) in [5.74, 6) is 0.637. The van der Waals surface area contributed by atoms with Crippen LogP contribution in [0.2, 0.25) is 10.0 Å². The van der Waals surface area contributed by atoms with Crippen LogP contribution < -0.4 is 5.32 Å². The number of carbonyl (C=O) groups is 1. The first-order chi connectivity index (χ1) is 12.1. The van der Waals surface area contributed by atoms with E-state index in [9.17, 15) is 4.79 Å². The summed E-state index contributed by atoms with van der Waals surface area (Å²) in [6.45, 7) is 0. The number of amides is 1. The SMILES string of the molecule is O=C(CCSc1ccc(Cl)cc1)Nc1nc(-c2ccccc2Cl)cs1. The second-order valence-corrected chi connectivity index (χ2v) is 7.99. The van der Waals surface area contributed by atoms with Gasteiger partial charge in [0.25, 0.3) is 0 Å². The lowest BCUT2D eigenvalue weighted by molar-refractivity contribution is -0.115. The minimum Gasteiger partial charge on any atom is -0.302 e. The number of thiazole rings is 1. The van der Waals surface area contributed by atoms with Gasteiger partial charge in [-0.3, -0.25) is 4.79 Å². The van der Waals surface area contributed by atoms with Crippen LogP contribution in [0.15, 0.2) is 58.8 Å². The predicted molar refractivity (Wildman–Crippen MR) is 108 cm³/mol. The van der Waals surface area contributed by atoms with E-state index in [0.717, 1.165) is 16.2 Å². The number of hydrogen-bond donors (Lipinski definition) is 1. The highest BCUT2D eigenvalue weighted by molar-refractivity contribution is 7.99. The fourth-order valence-corrected chi connectivity index (χ4v) is 4.03. The van der Waals surface area contributed by atoms with Gasteiger partial charge in [-0.2, -0.15) is 0 Å². The normalized spacial score (nSPS) is 10.6. The van der Waals surface area contributed by atoms with Crippen LogP contribution in [0.25, 0.3) is 11.3 Å². The van der Waals surface area contributed by atoms with E-state index in [-0.39, 0.29) is 5.91 Å². The van der Waals surface area contributed by atoms with Crippen molar-refractivity contribution < 1.29 is 4.79 Å². The maximum absolute atomic E-state index is 12.1. The molecule has 3 nitrogen and oxygen atoms in total. The molecule has 0 saturated carbocycles. The van der Waals surface area contributed by atoms with Gasteiger partial charge in [0.1, 0.15) is 0 Å². The molecule has 0 unspecified atom stereocenters. The molecule has 0 aliphatic rings. The molecule has 1 heterocycles. The number of nitrogens with zero attached hydrogens (tertiary/aromatic N) is 1. The minimum atomic E-state index is -0.0541. The quantitative estimate of drug-likeness (QED) is 0.490. The molecule has 3 aromatic rings. The maximum Gasteiger partial charge on any atom is 0.226 e. The molecule has 7 heteroatoms. The van der Waals surface area contributed by atoms with Crippen LogP contribution in [0.1, 0.15) is 6.42 Å². The molecule has 0 saturated heterocycles. The fourth-order valence-electron chi connectivity index (χ4n) is 2.10. The first kappa shape index (κ1) is 18.3. The average molecular weight is 409 g/mol. The number of halogens is 2. The van der Waals surface area contributed by atoms with E-state index in [1.807, 2.05) is 53.9 Å². The number of thioether (sulfide) groups is 1. The van der Waals surface area contributed by atoms with Gasteiger partial charge in [-0.25, -0.2) is 4.98 Å². The molecule has 0 fully saturated rings. The van der Waals surface area contributed by atoms with Gasteiger partial charge in [0, 0.05) is 38.1 Å². The third-order valence-electron chi connectivity index (χ3n) is 3.31. The standard InChI is InChI=1S/C18H14Cl2N2OS2/c19-12-5-7-13(8-6-12)24-10-9-17(23)22-18-21-16(11-25-18)14-3-1-2-4-15(14)20/h1-8,11H,9-10H2,(H,21,22,23). The van der Waals surface area contributed by atoms with Crippen molar-refractivity contribution >= 4 is 57.3 Å². The molecule has 0 atom stereocenters. The number of aromatic nitrogens is 1. The minimum absolute atomic E-state index is 0.0541. The van der Waals surface area contributed by atoms with Gasteiger partial charge in [0.05, 0.1) is 5.69 Å². The Balaban J connectivity index is 1.52. The molecule has 0 bridgehead atoms. The molecular weight excluding hydrogens is 395 g/mol. The fraction of sp³-hybridized carbons (Fsp3) is 0.111. The van der Waals surface area contributed by atoms with Gasteiger partial charge in [-0.05, 0) is 30.3 Å². The second kappa shape index (κ2) is 8.72. The highest BCUT2D eigenvalue weighted by Gasteiger charge is 2.10. The molecule has 128 valence electrons. The Morgan fingerprint density at radius 1 is 1.12 bits per heavy atom. The van der Waals surface area contributed by atoms with E-state index in [2.05, 4.69) is 10.3 Å². The molecule has 1 aromatic heterocycles. The number of rotatable bonds is 6. The highest BCUT2D eigenvalue weighted by Crippen LogP contribution is 2.30. The average Bonchev–Trinajstić information content (AvgIpc) is 3.05. The van der Waals surface area contributed by atoms with Crippen molar-refractivity contribution in [3.8, 4) is 11.3 Å². The largest absolute Gasteiger partial charge is 0.302 e. The van der Waals surface area contributed by atoms with Gasteiger partial charge in [-0.1, -0.05) is 41.4 Å². The zero-order chi connectivity index (χ0) is 17.6. The Morgan fingerprint density at radius 2 is 1.88 bits per heavy atom. The molecule has 0 spiro atoms. The van der Waals surface area contributed by atoms with E-state index in [1.54, 1.807) is 11.8 Å². The summed E-state index contributed by atoms with van der Waals surface area (Å²) in [7, 11) is 0. The van der Waals surface area contributed by atoms with E-state index >= 15 is 0 Å². The van der Waals surface area contributed by atoms with Crippen LogP contribution in [-0.2, 0) is 4.79 Å². The van der Waals surface area contributed by atoms with Gasteiger partial charge in [-0.15, -0.1) is 23.1 Å². The number of hydrogen-bond acceptors (Lipinski definition) is 4. The first-order valence-corrected chi connectivity index (χ1v) is 10.1. The third-order valence-corrected chi connectivity index (χ3v) is 5.66. The summed E-state index contributed by atoms with van der Waals surface area (Å²) in [5, 5.41) is 6.66. The smallest absolute Gasteiger partial charge is 0.226 e. The van der Waals surface area contributed by atoms with Crippen molar-refractivity contribution in [2.75, 3.05) is 11.1 Å². The molecular formula is C18H14Cl2N2OS2. The first-order valence-electron chi connectivity index (χ1n) is 7.50. The lowest BCUT2D eigenvalue weighted by atomic mass is 10.2.